The standard InChI is InChI=1S/C11H22N2O2.C2H6/c1-5-12-6-8-13(9-7-12)10(14)15-11(2,3)4;1-2/h5-9H2,1-4H3;1-2H3. The molecular weight excluding hydrogens is 216 g/mol. The van der Waals surface area contributed by atoms with Crippen molar-refractivity contribution in [2.75, 3.05) is 32.7 Å². The lowest BCUT2D eigenvalue weighted by molar-refractivity contribution is 0.0149. The summed E-state index contributed by atoms with van der Waals surface area (Å²) in [5, 5.41) is 0. The lowest BCUT2D eigenvalue weighted by Crippen LogP contribution is -2.49. The smallest absolute Gasteiger partial charge is 0.410 e. The molecule has 0 unspecified atom stereocenters. The second-order valence-electron chi connectivity index (χ2n) is 4.90. The first-order chi connectivity index (χ1) is 7.92. The van der Waals surface area contributed by atoms with E-state index in [4.69, 9.17) is 4.74 Å². The molecule has 1 aliphatic rings. The SMILES string of the molecule is CC.CCN1CCN(C(=O)OC(C)(C)C)CC1. The molecule has 0 aliphatic carbocycles. The average Bonchev–Trinajstić information content (AvgIpc) is 2.29. The number of rotatable bonds is 1. The van der Waals surface area contributed by atoms with Gasteiger partial charge in [0.15, 0.2) is 0 Å². The first kappa shape index (κ1) is 16.2. The van der Waals surface area contributed by atoms with Crippen molar-refractivity contribution in [1.82, 2.24) is 9.80 Å². The Kier molecular flexibility index (Phi) is 7.19. The number of ether oxygens (including phenoxy) is 1. The third-order valence-corrected chi connectivity index (χ3v) is 2.47. The van der Waals surface area contributed by atoms with E-state index in [1.165, 1.54) is 0 Å². The topological polar surface area (TPSA) is 32.8 Å². The minimum atomic E-state index is -0.390. The zero-order valence-corrected chi connectivity index (χ0v) is 12.2. The molecule has 4 nitrogen and oxygen atoms in total. The molecule has 0 spiro atoms. The number of carbonyl (C=O) groups excluding carboxylic acids is 1. The van der Waals surface area contributed by atoms with Crippen molar-refractivity contribution in [3.63, 3.8) is 0 Å². The number of piperazine rings is 1. The molecule has 17 heavy (non-hydrogen) atoms. The molecule has 0 N–H and O–H groups in total. The molecule has 1 saturated heterocycles. The molecule has 0 bridgehead atoms. The fraction of sp³-hybridized carbons (Fsp3) is 0.923. The van der Waals surface area contributed by atoms with Crippen LogP contribution in [0.1, 0.15) is 41.5 Å². The van der Waals surface area contributed by atoms with Gasteiger partial charge in [-0.1, -0.05) is 20.8 Å². The number of hydrogen-bond donors (Lipinski definition) is 0. The van der Waals surface area contributed by atoms with E-state index < -0.39 is 0 Å². The summed E-state index contributed by atoms with van der Waals surface area (Å²) < 4.78 is 5.31. The van der Waals surface area contributed by atoms with Crippen LogP contribution in [0.15, 0.2) is 0 Å². The maximum atomic E-state index is 11.7. The number of amides is 1. The molecule has 0 aromatic carbocycles. The van der Waals surface area contributed by atoms with E-state index in [1.807, 2.05) is 34.6 Å². The third kappa shape index (κ3) is 6.51. The van der Waals surface area contributed by atoms with Gasteiger partial charge in [-0.3, -0.25) is 0 Å². The van der Waals surface area contributed by atoms with Crippen molar-refractivity contribution in [1.29, 1.82) is 0 Å². The molecule has 0 aromatic rings. The van der Waals surface area contributed by atoms with Gasteiger partial charge in [-0.25, -0.2) is 4.79 Å². The predicted octanol–water partition coefficient (Wildman–Crippen LogP) is 2.59. The molecule has 1 amide bonds. The van der Waals surface area contributed by atoms with E-state index in [9.17, 15) is 4.79 Å². The fourth-order valence-corrected chi connectivity index (χ4v) is 1.57. The van der Waals surface area contributed by atoms with Crippen LogP contribution in [-0.2, 0) is 4.74 Å². The van der Waals surface area contributed by atoms with Crippen LogP contribution in [0.2, 0.25) is 0 Å². The quantitative estimate of drug-likeness (QED) is 0.711. The van der Waals surface area contributed by atoms with E-state index in [1.54, 1.807) is 4.90 Å². The molecule has 4 heteroatoms. The van der Waals surface area contributed by atoms with Gasteiger partial charge >= 0.3 is 6.09 Å². The Labute approximate surface area is 106 Å². The van der Waals surface area contributed by atoms with Crippen molar-refractivity contribution in [2.24, 2.45) is 0 Å². The predicted molar refractivity (Wildman–Crippen MR) is 71.3 cm³/mol. The second-order valence-corrected chi connectivity index (χ2v) is 4.90. The summed E-state index contributed by atoms with van der Waals surface area (Å²) in [6, 6.07) is 0. The lowest BCUT2D eigenvalue weighted by atomic mass is 10.2. The highest BCUT2D eigenvalue weighted by molar-refractivity contribution is 5.68. The Balaban J connectivity index is 0.00000121. The van der Waals surface area contributed by atoms with Gasteiger partial charge in [0.1, 0.15) is 5.60 Å². The average molecular weight is 244 g/mol. The van der Waals surface area contributed by atoms with Gasteiger partial charge in [-0.15, -0.1) is 0 Å². The van der Waals surface area contributed by atoms with Gasteiger partial charge in [-0.05, 0) is 27.3 Å². The van der Waals surface area contributed by atoms with Crippen LogP contribution in [0.25, 0.3) is 0 Å². The third-order valence-electron chi connectivity index (χ3n) is 2.47. The van der Waals surface area contributed by atoms with Gasteiger partial charge in [0, 0.05) is 26.2 Å². The van der Waals surface area contributed by atoms with E-state index in [-0.39, 0.29) is 11.7 Å². The van der Waals surface area contributed by atoms with Crippen LogP contribution in [0, 0.1) is 0 Å². The molecule has 102 valence electrons. The normalized spacial score (nSPS) is 17.2. The van der Waals surface area contributed by atoms with Crippen molar-refractivity contribution in [3.8, 4) is 0 Å². The molecule has 1 rings (SSSR count). The molecule has 1 heterocycles. The Hall–Kier alpha value is -0.770. The van der Waals surface area contributed by atoms with Crippen molar-refractivity contribution in [3.05, 3.63) is 0 Å². The van der Waals surface area contributed by atoms with Crippen molar-refractivity contribution in [2.45, 2.75) is 47.1 Å². The van der Waals surface area contributed by atoms with Crippen LogP contribution >= 0.6 is 0 Å². The fourth-order valence-electron chi connectivity index (χ4n) is 1.57. The summed E-state index contributed by atoms with van der Waals surface area (Å²) >= 11 is 0. The summed E-state index contributed by atoms with van der Waals surface area (Å²) in [6.45, 7) is 16.4. The monoisotopic (exact) mass is 244 g/mol. The summed E-state index contributed by atoms with van der Waals surface area (Å²) in [4.78, 5) is 15.8. The number of hydrogen-bond acceptors (Lipinski definition) is 3. The summed E-state index contributed by atoms with van der Waals surface area (Å²) in [5.74, 6) is 0. The van der Waals surface area contributed by atoms with Crippen LogP contribution in [0.3, 0.4) is 0 Å². The van der Waals surface area contributed by atoms with Gasteiger partial charge in [0.2, 0.25) is 0 Å². The molecular formula is C13H28N2O2. The summed E-state index contributed by atoms with van der Waals surface area (Å²) in [6.07, 6.45) is -0.182. The van der Waals surface area contributed by atoms with E-state index in [2.05, 4.69) is 11.8 Å². The number of carbonyl (C=O) groups is 1. The van der Waals surface area contributed by atoms with Crippen molar-refractivity contribution >= 4 is 6.09 Å². The van der Waals surface area contributed by atoms with Crippen LogP contribution in [0.4, 0.5) is 4.79 Å². The molecule has 0 saturated carbocycles. The highest BCUT2D eigenvalue weighted by Gasteiger charge is 2.24. The van der Waals surface area contributed by atoms with E-state index >= 15 is 0 Å². The van der Waals surface area contributed by atoms with Crippen LogP contribution in [0.5, 0.6) is 0 Å². The maximum absolute atomic E-state index is 11.7. The Morgan fingerprint density at radius 2 is 1.59 bits per heavy atom. The highest BCUT2D eigenvalue weighted by Crippen LogP contribution is 2.11. The Bertz CT molecular complexity index is 216. The first-order valence-corrected chi connectivity index (χ1v) is 6.62. The van der Waals surface area contributed by atoms with Gasteiger partial charge in [0.05, 0.1) is 0 Å². The van der Waals surface area contributed by atoms with E-state index in [0.29, 0.717) is 0 Å². The number of likely N-dealkylation sites (N-methyl/N-ethyl adjacent to an activating group) is 1. The zero-order valence-electron chi connectivity index (χ0n) is 12.2. The molecule has 1 aliphatic heterocycles. The van der Waals surface area contributed by atoms with Gasteiger partial charge in [0.25, 0.3) is 0 Å². The Morgan fingerprint density at radius 1 is 1.12 bits per heavy atom. The Morgan fingerprint density at radius 3 is 1.94 bits per heavy atom. The lowest BCUT2D eigenvalue weighted by Gasteiger charge is -2.35. The maximum Gasteiger partial charge on any atom is 0.410 e. The molecule has 0 radical (unpaired) electrons. The largest absolute Gasteiger partial charge is 0.444 e. The minimum Gasteiger partial charge on any atom is -0.444 e. The van der Waals surface area contributed by atoms with Crippen LogP contribution in [-0.4, -0.2) is 54.2 Å². The molecule has 0 atom stereocenters. The number of nitrogens with zero attached hydrogens (tertiary/aromatic N) is 2. The highest BCUT2D eigenvalue weighted by atomic mass is 16.6. The molecule has 1 fully saturated rings. The zero-order chi connectivity index (χ0) is 13.5. The summed E-state index contributed by atoms with van der Waals surface area (Å²) in [5.41, 5.74) is -0.390. The minimum absolute atomic E-state index is 0.182. The van der Waals surface area contributed by atoms with Gasteiger partial charge in [-0.2, -0.15) is 0 Å². The first-order valence-electron chi connectivity index (χ1n) is 6.62. The second kappa shape index (κ2) is 7.54. The molecule has 0 aromatic heterocycles. The van der Waals surface area contributed by atoms with Crippen molar-refractivity contribution < 1.29 is 9.53 Å². The van der Waals surface area contributed by atoms with E-state index in [0.717, 1.165) is 32.7 Å². The summed E-state index contributed by atoms with van der Waals surface area (Å²) in [7, 11) is 0. The van der Waals surface area contributed by atoms with Crippen LogP contribution < -0.4 is 0 Å². The van der Waals surface area contributed by atoms with Gasteiger partial charge < -0.3 is 14.5 Å².